The fraction of sp³-hybridized carbons (Fsp3) is 1.00. The lowest BCUT2D eigenvalue weighted by Crippen LogP contribution is -2.58. The van der Waals surface area contributed by atoms with E-state index in [2.05, 4.69) is 4.90 Å². The van der Waals surface area contributed by atoms with E-state index < -0.39 is 0 Å². The second kappa shape index (κ2) is 4.63. The Kier molecular flexibility index (Phi) is 3.18. The van der Waals surface area contributed by atoms with Crippen molar-refractivity contribution >= 4 is 0 Å². The monoisotopic (exact) mass is 224 g/mol. The molecule has 1 saturated carbocycles. The zero-order valence-electron chi connectivity index (χ0n) is 10.1. The molecule has 2 saturated heterocycles. The molecule has 0 radical (unpaired) electrons. The molecular weight excluding hydrogens is 200 g/mol. The first-order valence-electron chi connectivity index (χ1n) is 6.95. The van der Waals surface area contributed by atoms with Gasteiger partial charge in [0.1, 0.15) is 0 Å². The molecule has 16 heavy (non-hydrogen) atoms. The van der Waals surface area contributed by atoms with E-state index in [1.165, 1.54) is 38.6 Å². The Morgan fingerprint density at radius 3 is 2.75 bits per heavy atom. The maximum atomic E-state index is 6.27. The normalized spacial score (nSPS) is 45.6. The lowest BCUT2D eigenvalue weighted by molar-refractivity contribution is -0.0307. The van der Waals surface area contributed by atoms with Gasteiger partial charge in [0.2, 0.25) is 0 Å². The van der Waals surface area contributed by atoms with E-state index in [0.29, 0.717) is 12.1 Å². The number of ether oxygens (including phenoxy) is 1. The van der Waals surface area contributed by atoms with Gasteiger partial charge >= 0.3 is 0 Å². The smallest absolute Gasteiger partial charge is 0.0637 e. The maximum Gasteiger partial charge on any atom is 0.0637 e. The van der Waals surface area contributed by atoms with Gasteiger partial charge in [0.05, 0.1) is 6.61 Å². The van der Waals surface area contributed by atoms with Gasteiger partial charge in [-0.05, 0) is 44.6 Å². The number of hydrogen-bond acceptors (Lipinski definition) is 3. The number of fused-ring (bicyclic) bond motifs is 1. The van der Waals surface area contributed by atoms with Crippen LogP contribution in [-0.2, 0) is 4.74 Å². The molecule has 4 atom stereocenters. The van der Waals surface area contributed by atoms with E-state index in [1.807, 2.05) is 0 Å². The van der Waals surface area contributed by atoms with Gasteiger partial charge in [-0.1, -0.05) is 6.42 Å². The highest BCUT2D eigenvalue weighted by molar-refractivity contribution is 4.95. The Labute approximate surface area is 98.3 Å². The third kappa shape index (κ3) is 1.89. The van der Waals surface area contributed by atoms with E-state index >= 15 is 0 Å². The molecule has 3 fully saturated rings. The Bertz CT molecular complexity index is 246. The lowest BCUT2D eigenvalue weighted by atomic mass is 9.89. The van der Waals surface area contributed by atoms with Gasteiger partial charge in [-0.2, -0.15) is 0 Å². The number of nitrogens with zero attached hydrogens (tertiary/aromatic N) is 1. The zero-order chi connectivity index (χ0) is 11.0. The summed E-state index contributed by atoms with van der Waals surface area (Å²) < 4.78 is 5.63. The summed E-state index contributed by atoms with van der Waals surface area (Å²) in [6.07, 6.45) is 8.12. The van der Waals surface area contributed by atoms with Gasteiger partial charge in [0, 0.05) is 24.7 Å². The Morgan fingerprint density at radius 2 is 1.88 bits per heavy atom. The van der Waals surface area contributed by atoms with E-state index in [9.17, 15) is 0 Å². The van der Waals surface area contributed by atoms with Crippen molar-refractivity contribution in [1.82, 2.24) is 4.90 Å². The molecule has 3 rings (SSSR count). The molecule has 0 aromatic heterocycles. The second-order valence-electron chi connectivity index (χ2n) is 5.73. The average Bonchev–Trinajstić information content (AvgIpc) is 2.77. The highest BCUT2D eigenvalue weighted by Crippen LogP contribution is 2.38. The van der Waals surface area contributed by atoms with E-state index in [0.717, 1.165) is 31.6 Å². The third-order valence-electron chi connectivity index (χ3n) is 4.84. The maximum absolute atomic E-state index is 6.27. The number of piperidine rings is 1. The molecule has 2 aliphatic heterocycles. The number of rotatable bonds is 1. The molecular formula is C13H24N2O. The van der Waals surface area contributed by atoms with Crippen molar-refractivity contribution in [2.24, 2.45) is 11.7 Å². The van der Waals surface area contributed by atoms with Crippen LogP contribution in [-0.4, -0.2) is 42.8 Å². The minimum atomic E-state index is 0.341. The molecule has 4 unspecified atom stereocenters. The molecule has 92 valence electrons. The molecule has 0 amide bonds. The molecule has 2 N–H and O–H groups in total. The van der Waals surface area contributed by atoms with E-state index in [1.54, 1.807) is 0 Å². The SMILES string of the molecule is NC1CCOCC1N1CCCC2CCCC21. The van der Waals surface area contributed by atoms with Gasteiger partial charge in [-0.15, -0.1) is 0 Å². The molecule has 2 heterocycles. The summed E-state index contributed by atoms with van der Waals surface area (Å²) in [6, 6.07) is 1.67. The van der Waals surface area contributed by atoms with Gasteiger partial charge < -0.3 is 10.5 Å². The predicted molar refractivity (Wildman–Crippen MR) is 64.3 cm³/mol. The second-order valence-corrected chi connectivity index (χ2v) is 5.73. The highest BCUT2D eigenvalue weighted by Gasteiger charge is 2.40. The minimum Gasteiger partial charge on any atom is -0.380 e. The summed E-state index contributed by atoms with van der Waals surface area (Å²) in [4.78, 5) is 2.70. The van der Waals surface area contributed by atoms with Crippen molar-refractivity contribution in [2.75, 3.05) is 19.8 Å². The van der Waals surface area contributed by atoms with Gasteiger partial charge in [0.15, 0.2) is 0 Å². The van der Waals surface area contributed by atoms with Gasteiger partial charge in [-0.3, -0.25) is 4.90 Å². The summed E-state index contributed by atoms with van der Waals surface area (Å²) >= 11 is 0. The molecule has 3 aliphatic rings. The first-order chi connectivity index (χ1) is 7.86. The molecule has 0 aromatic carbocycles. The third-order valence-corrected chi connectivity index (χ3v) is 4.84. The predicted octanol–water partition coefficient (Wildman–Crippen LogP) is 1.37. The van der Waals surface area contributed by atoms with Crippen LogP contribution in [0.3, 0.4) is 0 Å². The van der Waals surface area contributed by atoms with E-state index in [4.69, 9.17) is 10.5 Å². The Morgan fingerprint density at radius 1 is 1.00 bits per heavy atom. The first kappa shape index (κ1) is 11.0. The van der Waals surface area contributed by atoms with Crippen LogP contribution < -0.4 is 5.73 Å². The molecule has 0 bridgehead atoms. The lowest BCUT2D eigenvalue weighted by Gasteiger charge is -2.46. The van der Waals surface area contributed by atoms with Gasteiger partial charge in [-0.25, -0.2) is 0 Å². The largest absolute Gasteiger partial charge is 0.380 e. The summed E-state index contributed by atoms with van der Waals surface area (Å²) in [6.45, 7) is 2.98. The molecule has 0 aromatic rings. The average molecular weight is 224 g/mol. The molecule has 0 spiro atoms. The quantitative estimate of drug-likeness (QED) is 0.731. The van der Waals surface area contributed by atoms with Gasteiger partial charge in [0.25, 0.3) is 0 Å². The topological polar surface area (TPSA) is 38.5 Å². The van der Waals surface area contributed by atoms with Crippen molar-refractivity contribution in [2.45, 2.75) is 56.7 Å². The van der Waals surface area contributed by atoms with Crippen LogP contribution in [0.15, 0.2) is 0 Å². The van der Waals surface area contributed by atoms with Crippen LogP contribution in [0.1, 0.15) is 38.5 Å². The molecule has 3 heteroatoms. The number of likely N-dealkylation sites (tertiary alicyclic amines) is 1. The van der Waals surface area contributed by atoms with Crippen LogP contribution in [0, 0.1) is 5.92 Å². The highest BCUT2D eigenvalue weighted by atomic mass is 16.5. The Hall–Kier alpha value is -0.120. The van der Waals surface area contributed by atoms with E-state index in [-0.39, 0.29) is 0 Å². The summed E-state index contributed by atoms with van der Waals surface area (Å²) in [5, 5.41) is 0. The van der Waals surface area contributed by atoms with Crippen molar-refractivity contribution in [3.63, 3.8) is 0 Å². The van der Waals surface area contributed by atoms with Crippen molar-refractivity contribution in [3.8, 4) is 0 Å². The van der Waals surface area contributed by atoms with Crippen molar-refractivity contribution in [3.05, 3.63) is 0 Å². The van der Waals surface area contributed by atoms with Crippen LogP contribution in [0.25, 0.3) is 0 Å². The number of hydrogen-bond donors (Lipinski definition) is 1. The van der Waals surface area contributed by atoms with Crippen LogP contribution >= 0.6 is 0 Å². The minimum absolute atomic E-state index is 0.341. The van der Waals surface area contributed by atoms with Crippen LogP contribution in [0.5, 0.6) is 0 Å². The number of nitrogens with two attached hydrogens (primary N) is 1. The van der Waals surface area contributed by atoms with Crippen molar-refractivity contribution < 1.29 is 4.74 Å². The fourth-order valence-electron chi connectivity index (χ4n) is 3.99. The fourth-order valence-corrected chi connectivity index (χ4v) is 3.99. The molecule has 1 aliphatic carbocycles. The first-order valence-corrected chi connectivity index (χ1v) is 6.95. The summed E-state index contributed by atoms with van der Waals surface area (Å²) in [5.41, 5.74) is 6.27. The Balaban J connectivity index is 1.71. The van der Waals surface area contributed by atoms with Crippen molar-refractivity contribution in [1.29, 1.82) is 0 Å². The zero-order valence-corrected chi connectivity index (χ0v) is 10.1. The van der Waals surface area contributed by atoms with Crippen LogP contribution in [0.2, 0.25) is 0 Å². The summed E-state index contributed by atoms with van der Waals surface area (Å²) in [7, 11) is 0. The van der Waals surface area contributed by atoms with Crippen LogP contribution in [0.4, 0.5) is 0 Å². The summed E-state index contributed by atoms with van der Waals surface area (Å²) in [5.74, 6) is 0.961. The molecule has 3 nitrogen and oxygen atoms in total. The standard InChI is InChI=1S/C13H24N2O/c14-11-6-8-16-9-13(11)15-7-2-4-10-3-1-5-12(10)15/h10-13H,1-9,14H2.